The minimum atomic E-state index is -0.543. The van der Waals surface area contributed by atoms with E-state index >= 15 is 0 Å². The number of carbonyl (C=O) groups is 1. The van der Waals surface area contributed by atoms with Crippen molar-refractivity contribution in [2.24, 2.45) is 0 Å². The number of hydrogen-bond acceptors (Lipinski definition) is 3. The summed E-state index contributed by atoms with van der Waals surface area (Å²) in [6, 6.07) is 16.7. The van der Waals surface area contributed by atoms with Crippen LogP contribution in [0.1, 0.15) is 41.0 Å². The first-order valence-corrected chi connectivity index (χ1v) is 10.0. The van der Waals surface area contributed by atoms with E-state index in [9.17, 15) is 9.90 Å². The quantitative estimate of drug-likeness (QED) is 0.858. The molecule has 4 heteroatoms. The molecule has 2 aliphatic rings. The third kappa shape index (κ3) is 4.23. The Morgan fingerprint density at radius 3 is 2.67 bits per heavy atom. The fourth-order valence-electron chi connectivity index (χ4n) is 4.44. The average molecular weight is 364 g/mol. The number of β-amino-alcohol motifs (C(OH)–C–C–N with tert-alkyl or cyclic N) is 1. The van der Waals surface area contributed by atoms with Crippen molar-refractivity contribution in [3.05, 3.63) is 70.8 Å². The molecule has 0 saturated heterocycles. The van der Waals surface area contributed by atoms with E-state index in [1.165, 1.54) is 16.7 Å². The molecule has 2 aromatic rings. The lowest BCUT2D eigenvalue weighted by Crippen LogP contribution is -2.43. The van der Waals surface area contributed by atoms with Gasteiger partial charge in [-0.15, -0.1) is 0 Å². The Morgan fingerprint density at radius 2 is 1.81 bits per heavy atom. The Labute approximate surface area is 161 Å². The summed E-state index contributed by atoms with van der Waals surface area (Å²) in [6.45, 7) is 2.74. The normalized spacial score (nSPS) is 20.4. The number of benzene rings is 2. The molecule has 27 heavy (non-hydrogen) atoms. The summed E-state index contributed by atoms with van der Waals surface area (Å²) in [6.07, 6.45) is 3.47. The predicted octanol–water partition coefficient (Wildman–Crippen LogP) is 2.64. The van der Waals surface area contributed by atoms with Crippen LogP contribution in [0.2, 0.25) is 0 Å². The number of nitrogens with zero attached hydrogens (tertiary/aromatic N) is 1. The summed E-state index contributed by atoms with van der Waals surface area (Å²) in [5.41, 5.74) is 5.20. The number of aliphatic hydroxyl groups is 1. The smallest absolute Gasteiger partial charge is 0.227 e. The van der Waals surface area contributed by atoms with Crippen LogP contribution in [0, 0.1) is 0 Å². The zero-order valence-corrected chi connectivity index (χ0v) is 15.7. The average Bonchev–Trinajstić information content (AvgIpc) is 2.71. The molecule has 2 aromatic carbocycles. The van der Waals surface area contributed by atoms with Crippen molar-refractivity contribution in [2.45, 2.75) is 44.2 Å². The largest absolute Gasteiger partial charge is 0.390 e. The van der Waals surface area contributed by atoms with Crippen LogP contribution in [0.25, 0.3) is 0 Å². The van der Waals surface area contributed by atoms with Crippen LogP contribution in [0.15, 0.2) is 48.5 Å². The van der Waals surface area contributed by atoms with Crippen LogP contribution in [0.3, 0.4) is 0 Å². The lowest BCUT2D eigenvalue weighted by molar-refractivity contribution is -0.123. The number of aryl methyl sites for hydroxylation is 1. The highest BCUT2D eigenvalue weighted by Gasteiger charge is 2.26. The standard InChI is InChI=1S/C23H28N2O2/c26-20(16-25-13-12-17-6-1-2-8-19(17)15-25)14-24-23(27)22-11-5-9-18-7-3-4-10-21(18)22/h1-4,6-8,10,20,22,26H,5,9,11-16H2,(H,24,27)/t20-,22?/m0/s1. The summed E-state index contributed by atoms with van der Waals surface area (Å²) >= 11 is 0. The van der Waals surface area contributed by atoms with Gasteiger partial charge in [-0.25, -0.2) is 0 Å². The summed E-state index contributed by atoms with van der Waals surface area (Å²) in [4.78, 5) is 15.0. The lowest BCUT2D eigenvalue weighted by atomic mass is 9.82. The fourth-order valence-corrected chi connectivity index (χ4v) is 4.44. The third-order valence-corrected chi connectivity index (χ3v) is 5.88. The number of aliphatic hydroxyl groups excluding tert-OH is 1. The van der Waals surface area contributed by atoms with Crippen LogP contribution in [-0.4, -0.2) is 41.7 Å². The van der Waals surface area contributed by atoms with Crippen molar-refractivity contribution >= 4 is 5.91 Å². The van der Waals surface area contributed by atoms with Gasteiger partial charge in [0.25, 0.3) is 0 Å². The van der Waals surface area contributed by atoms with E-state index in [4.69, 9.17) is 0 Å². The molecule has 1 aliphatic heterocycles. The molecule has 0 bridgehead atoms. The highest BCUT2D eigenvalue weighted by Crippen LogP contribution is 2.31. The SMILES string of the molecule is O=C(NC[C@H](O)CN1CCc2ccccc2C1)C1CCCc2ccccc21. The molecule has 0 spiro atoms. The molecule has 4 nitrogen and oxygen atoms in total. The number of fused-ring (bicyclic) bond motifs is 2. The molecule has 142 valence electrons. The van der Waals surface area contributed by atoms with E-state index in [0.29, 0.717) is 13.1 Å². The number of nitrogens with one attached hydrogen (secondary N) is 1. The summed E-state index contributed by atoms with van der Waals surface area (Å²) in [5.74, 6) is -0.0331. The minimum Gasteiger partial charge on any atom is -0.390 e. The van der Waals surface area contributed by atoms with Gasteiger partial charge in [0, 0.05) is 26.2 Å². The molecule has 0 saturated carbocycles. The van der Waals surface area contributed by atoms with Crippen LogP contribution >= 0.6 is 0 Å². The Bertz CT molecular complexity index is 804. The van der Waals surface area contributed by atoms with Gasteiger partial charge < -0.3 is 10.4 Å². The summed E-state index contributed by atoms with van der Waals surface area (Å²) in [7, 11) is 0. The van der Waals surface area contributed by atoms with Gasteiger partial charge in [0.05, 0.1) is 12.0 Å². The first-order valence-electron chi connectivity index (χ1n) is 10.0. The van der Waals surface area contributed by atoms with Crippen molar-refractivity contribution < 1.29 is 9.90 Å². The molecule has 1 heterocycles. The second-order valence-corrected chi connectivity index (χ2v) is 7.80. The van der Waals surface area contributed by atoms with Crippen molar-refractivity contribution in [2.75, 3.05) is 19.6 Å². The number of hydrogen-bond donors (Lipinski definition) is 2. The van der Waals surface area contributed by atoms with Crippen molar-refractivity contribution in [1.82, 2.24) is 10.2 Å². The van der Waals surface area contributed by atoms with Gasteiger partial charge in [-0.3, -0.25) is 9.69 Å². The van der Waals surface area contributed by atoms with Crippen LogP contribution in [-0.2, 0) is 24.2 Å². The van der Waals surface area contributed by atoms with Gasteiger partial charge in [-0.1, -0.05) is 48.5 Å². The molecule has 2 N–H and O–H groups in total. The molecule has 1 amide bonds. The van der Waals surface area contributed by atoms with Crippen molar-refractivity contribution in [1.29, 1.82) is 0 Å². The van der Waals surface area contributed by atoms with E-state index < -0.39 is 6.10 Å². The molecule has 0 radical (unpaired) electrons. The second-order valence-electron chi connectivity index (χ2n) is 7.80. The number of rotatable bonds is 5. The maximum Gasteiger partial charge on any atom is 0.227 e. The topological polar surface area (TPSA) is 52.6 Å². The first kappa shape index (κ1) is 18.2. The first-order chi connectivity index (χ1) is 13.2. The summed E-state index contributed by atoms with van der Waals surface area (Å²) < 4.78 is 0. The predicted molar refractivity (Wildman–Crippen MR) is 107 cm³/mol. The maximum atomic E-state index is 12.7. The molecular formula is C23H28N2O2. The summed E-state index contributed by atoms with van der Waals surface area (Å²) in [5, 5.41) is 13.4. The van der Waals surface area contributed by atoms with Crippen LogP contribution in [0.5, 0.6) is 0 Å². The highest BCUT2D eigenvalue weighted by molar-refractivity contribution is 5.84. The van der Waals surface area contributed by atoms with Gasteiger partial charge in [0.15, 0.2) is 0 Å². The number of amides is 1. The monoisotopic (exact) mass is 364 g/mol. The van der Waals surface area contributed by atoms with E-state index in [-0.39, 0.29) is 11.8 Å². The minimum absolute atomic E-state index is 0.0465. The zero-order chi connectivity index (χ0) is 18.6. The zero-order valence-electron chi connectivity index (χ0n) is 15.7. The Balaban J connectivity index is 1.29. The number of carbonyl (C=O) groups excluding carboxylic acids is 1. The molecule has 1 aliphatic carbocycles. The lowest BCUT2D eigenvalue weighted by Gasteiger charge is -2.30. The Kier molecular flexibility index (Phi) is 5.55. The van der Waals surface area contributed by atoms with Gasteiger partial charge in [0.2, 0.25) is 5.91 Å². The molecule has 2 atom stereocenters. The third-order valence-electron chi connectivity index (χ3n) is 5.88. The second kappa shape index (κ2) is 8.24. The van der Waals surface area contributed by atoms with E-state index in [1.807, 2.05) is 12.1 Å². The highest BCUT2D eigenvalue weighted by atomic mass is 16.3. The molecular weight excluding hydrogens is 336 g/mol. The van der Waals surface area contributed by atoms with Crippen LogP contribution < -0.4 is 5.32 Å². The fraction of sp³-hybridized carbons (Fsp3) is 0.435. The van der Waals surface area contributed by atoms with Gasteiger partial charge in [0.1, 0.15) is 0 Å². The molecule has 0 fully saturated rings. The Morgan fingerprint density at radius 1 is 1.07 bits per heavy atom. The van der Waals surface area contributed by atoms with E-state index in [1.54, 1.807) is 0 Å². The van der Waals surface area contributed by atoms with Crippen LogP contribution in [0.4, 0.5) is 0 Å². The van der Waals surface area contributed by atoms with Gasteiger partial charge >= 0.3 is 0 Å². The van der Waals surface area contributed by atoms with E-state index in [0.717, 1.165) is 44.3 Å². The van der Waals surface area contributed by atoms with Gasteiger partial charge in [-0.2, -0.15) is 0 Å². The molecule has 0 aromatic heterocycles. The van der Waals surface area contributed by atoms with E-state index in [2.05, 4.69) is 46.6 Å². The van der Waals surface area contributed by atoms with Crippen molar-refractivity contribution in [3.63, 3.8) is 0 Å². The molecule has 4 rings (SSSR count). The van der Waals surface area contributed by atoms with Crippen molar-refractivity contribution in [3.8, 4) is 0 Å². The maximum absolute atomic E-state index is 12.7. The molecule has 1 unspecified atom stereocenters. The Hall–Kier alpha value is -2.17. The van der Waals surface area contributed by atoms with Gasteiger partial charge in [-0.05, 0) is 47.9 Å².